The van der Waals surface area contributed by atoms with Crippen molar-refractivity contribution in [3.63, 3.8) is 0 Å². The van der Waals surface area contributed by atoms with Crippen LogP contribution in [0.25, 0.3) is 0 Å². The van der Waals surface area contributed by atoms with E-state index in [4.69, 9.17) is 44.6 Å². The number of hydrogen-bond acceptors (Lipinski definition) is 5. The summed E-state index contributed by atoms with van der Waals surface area (Å²) in [6.07, 6.45) is 2.95. The van der Waals surface area contributed by atoms with Crippen molar-refractivity contribution < 1.29 is 29.0 Å². The molecule has 0 saturated heterocycles. The second-order valence-electron chi connectivity index (χ2n) is 6.58. The zero-order chi connectivity index (χ0) is 20.7. The lowest BCUT2D eigenvalue weighted by Crippen LogP contribution is -2.22. The van der Waals surface area contributed by atoms with E-state index in [1.165, 1.54) is 0 Å². The van der Waals surface area contributed by atoms with Crippen molar-refractivity contribution in [3.8, 4) is 5.75 Å². The van der Waals surface area contributed by atoms with Crippen molar-refractivity contribution in [2.24, 2.45) is 11.8 Å². The van der Waals surface area contributed by atoms with Gasteiger partial charge in [0.15, 0.2) is 5.75 Å². The fraction of sp³-hybridized carbons (Fsp3) is 0.500. The molecule has 9 heteroatoms. The quantitative estimate of drug-likeness (QED) is 0.257. The topological polar surface area (TPSA) is 89.9 Å². The lowest BCUT2D eigenvalue weighted by molar-refractivity contribution is -0.158. The summed E-state index contributed by atoms with van der Waals surface area (Å²) in [5.74, 6) is -4.18. The fourth-order valence-corrected chi connectivity index (χ4v) is 2.96. The summed E-state index contributed by atoms with van der Waals surface area (Å²) in [5, 5.41) is 8.15. The van der Waals surface area contributed by atoms with Crippen molar-refractivity contribution in [3.05, 3.63) is 26.7 Å². The molecule has 0 radical (unpaired) electrons. The molecule has 0 aliphatic carbocycles. The number of rotatable bonds is 8. The average Bonchev–Trinajstić information content (AvgIpc) is 2.57. The van der Waals surface area contributed by atoms with Crippen LogP contribution < -0.4 is 4.74 Å². The number of esters is 2. The van der Waals surface area contributed by atoms with Crippen LogP contribution in [0.15, 0.2) is 6.07 Å². The van der Waals surface area contributed by atoms with Crippen molar-refractivity contribution >= 4 is 52.7 Å². The molecule has 0 saturated carbocycles. The normalized spacial score (nSPS) is 12.0. The maximum atomic E-state index is 12.5. The maximum absolute atomic E-state index is 12.5. The van der Waals surface area contributed by atoms with Gasteiger partial charge in [-0.3, -0.25) is 0 Å². The average molecular weight is 440 g/mol. The van der Waals surface area contributed by atoms with Crippen LogP contribution in [0.4, 0.5) is 0 Å². The molecule has 6 nitrogen and oxygen atoms in total. The van der Waals surface area contributed by atoms with E-state index in [2.05, 4.69) is 18.6 Å². The van der Waals surface area contributed by atoms with Crippen LogP contribution in [-0.4, -0.2) is 29.6 Å². The third-order valence-electron chi connectivity index (χ3n) is 3.68. The highest BCUT2D eigenvalue weighted by Crippen LogP contribution is 2.40. The van der Waals surface area contributed by atoms with Crippen molar-refractivity contribution in [1.82, 2.24) is 0 Å². The molecule has 150 valence electrons. The first-order valence-electron chi connectivity index (χ1n) is 8.34. The molecule has 0 heterocycles. The second kappa shape index (κ2) is 10.7. The van der Waals surface area contributed by atoms with E-state index in [0.717, 1.165) is 25.3 Å². The number of ether oxygens (including phenoxy) is 2. The monoisotopic (exact) mass is 438 g/mol. The number of aliphatic carboxylic acids is 1. The molecule has 1 aromatic carbocycles. The summed E-state index contributed by atoms with van der Waals surface area (Å²) in [7, 11) is 0. The van der Waals surface area contributed by atoms with E-state index in [1.54, 1.807) is 0 Å². The minimum atomic E-state index is -1.85. The number of carbonyl (C=O) groups is 3. The number of carboxylic acid groups (broad SMARTS) is 1. The molecular formula is C18H21Cl3O6. The van der Waals surface area contributed by atoms with Crippen LogP contribution in [0.5, 0.6) is 5.75 Å². The Morgan fingerprint density at radius 2 is 1.70 bits per heavy atom. The predicted octanol–water partition coefficient (Wildman–Crippen LogP) is 5.26. The summed E-state index contributed by atoms with van der Waals surface area (Å²) < 4.78 is 9.92. The fourth-order valence-electron chi connectivity index (χ4n) is 2.25. The van der Waals surface area contributed by atoms with Crippen LogP contribution in [0.2, 0.25) is 15.1 Å². The molecule has 27 heavy (non-hydrogen) atoms. The zero-order valence-electron chi connectivity index (χ0n) is 15.2. The molecule has 0 aromatic heterocycles. The Hall–Kier alpha value is -1.50. The zero-order valence-corrected chi connectivity index (χ0v) is 17.5. The largest absolute Gasteiger partial charge is 0.473 e. The van der Waals surface area contributed by atoms with Crippen LogP contribution in [-0.2, 0) is 14.3 Å². The minimum Gasteiger partial charge on any atom is -0.473 e. The Bertz CT molecular complexity index is 718. The van der Waals surface area contributed by atoms with Gasteiger partial charge in [0.25, 0.3) is 0 Å². The van der Waals surface area contributed by atoms with Crippen molar-refractivity contribution in [2.45, 2.75) is 40.0 Å². The molecule has 1 N–H and O–H groups in total. The van der Waals surface area contributed by atoms with E-state index < -0.39 is 29.2 Å². The number of hydrogen-bond donors (Lipinski definition) is 1. The maximum Gasteiger partial charge on any atom is 0.422 e. The first-order valence-corrected chi connectivity index (χ1v) is 9.47. The molecule has 1 aromatic rings. The van der Waals surface area contributed by atoms with Gasteiger partial charge in [0.2, 0.25) is 0 Å². The van der Waals surface area contributed by atoms with Gasteiger partial charge in [-0.25, -0.2) is 14.4 Å². The smallest absolute Gasteiger partial charge is 0.422 e. The Morgan fingerprint density at radius 3 is 2.26 bits per heavy atom. The molecule has 0 spiro atoms. The molecule has 0 aliphatic rings. The summed E-state index contributed by atoms with van der Waals surface area (Å²) >= 11 is 17.9. The number of carboxylic acids is 1. The molecule has 0 fully saturated rings. The standard InChI is InChI=1S/C18H21Cl3O6/c1-9(2)5-4-6-10(3)8-26-17(24)13-14(21)11(19)7-12(20)15(13)27-18(25)16(22)23/h7,9-10H,4-6,8H2,1-3H3,(H,22,23). The van der Waals surface area contributed by atoms with Gasteiger partial charge in [0.05, 0.1) is 21.7 Å². The van der Waals surface area contributed by atoms with Gasteiger partial charge in [-0.1, -0.05) is 68.4 Å². The predicted molar refractivity (Wildman–Crippen MR) is 103 cm³/mol. The Kier molecular flexibility index (Phi) is 9.36. The van der Waals surface area contributed by atoms with Gasteiger partial charge in [0, 0.05) is 0 Å². The summed E-state index contributed by atoms with van der Waals surface area (Å²) in [5.41, 5.74) is -0.391. The van der Waals surface area contributed by atoms with Gasteiger partial charge < -0.3 is 14.6 Å². The summed E-state index contributed by atoms with van der Waals surface area (Å²) in [4.78, 5) is 34.6. The molecule has 1 rings (SSSR count). The van der Waals surface area contributed by atoms with Crippen molar-refractivity contribution in [2.75, 3.05) is 6.61 Å². The Labute approximate surface area is 172 Å². The lowest BCUT2D eigenvalue weighted by atomic mass is 10.0. The molecule has 1 unspecified atom stereocenters. The van der Waals surface area contributed by atoms with E-state index in [0.29, 0.717) is 5.92 Å². The number of carbonyl (C=O) groups excluding carboxylic acids is 2. The van der Waals surface area contributed by atoms with Gasteiger partial charge >= 0.3 is 17.9 Å². The molecule has 0 amide bonds. The first-order chi connectivity index (χ1) is 12.5. The molecular weight excluding hydrogens is 419 g/mol. The van der Waals surface area contributed by atoms with E-state index in [1.807, 2.05) is 6.92 Å². The van der Waals surface area contributed by atoms with Gasteiger partial charge in [-0.15, -0.1) is 0 Å². The third-order valence-corrected chi connectivity index (χ3v) is 4.75. The van der Waals surface area contributed by atoms with E-state index in [9.17, 15) is 14.4 Å². The SMILES string of the molecule is CC(C)CCCC(C)COC(=O)c1c(Cl)c(Cl)cc(Cl)c1OC(=O)C(=O)O. The van der Waals surface area contributed by atoms with Crippen LogP contribution in [0.1, 0.15) is 50.4 Å². The Balaban J connectivity index is 2.94. The van der Waals surface area contributed by atoms with Gasteiger partial charge in [-0.05, 0) is 24.3 Å². The van der Waals surface area contributed by atoms with Gasteiger partial charge in [-0.2, -0.15) is 0 Å². The lowest BCUT2D eigenvalue weighted by Gasteiger charge is -2.16. The number of halogens is 3. The van der Waals surface area contributed by atoms with Crippen LogP contribution in [0, 0.1) is 11.8 Å². The van der Waals surface area contributed by atoms with Gasteiger partial charge in [0.1, 0.15) is 5.56 Å². The highest BCUT2D eigenvalue weighted by Gasteiger charge is 2.28. The molecule has 0 aliphatic heterocycles. The summed E-state index contributed by atoms with van der Waals surface area (Å²) in [6.45, 7) is 6.32. The third kappa shape index (κ3) is 7.20. The summed E-state index contributed by atoms with van der Waals surface area (Å²) in [6, 6.07) is 1.14. The highest BCUT2D eigenvalue weighted by molar-refractivity contribution is 6.46. The van der Waals surface area contributed by atoms with Crippen molar-refractivity contribution in [1.29, 1.82) is 0 Å². The van der Waals surface area contributed by atoms with Crippen LogP contribution in [0.3, 0.4) is 0 Å². The van der Waals surface area contributed by atoms with E-state index >= 15 is 0 Å². The molecule has 0 bridgehead atoms. The molecule has 1 atom stereocenters. The number of benzene rings is 1. The van der Waals surface area contributed by atoms with E-state index in [-0.39, 0.29) is 27.6 Å². The highest BCUT2D eigenvalue weighted by atomic mass is 35.5. The van der Waals surface area contributed by atoms with Crippen LogP contribution >= 0.6 is 34.8 Å². The first kappa shape index (κ1) is 23.5. The Morgan fingerprint density at radius 1 is 1.07 bits per heavy atom. The second-order valence-corrected chi connectivity index (χ2v) is 7.77. The minimum absolute atomic E-state index is 0.0614.